The van der Waals surface area contributed by atoms with E-state index in [4.69, 9.17) is 5.26 Å². The summed E-state index contributed by atoms with van der Waals surface area (Å²) in [7, 11) is 0. The molecule has 3 N–H and O–H groups in total. The molecule has 0 spiro atoms. The van der Waals surface area contributed by atoms with Gasteiger partial charge >= 0.3 is 6.03 Å². The number of hydrazine groups is 1. The zero-order valence-electron chi connectivity index (χ0n) is 8.36. The van der Waals surface area contributed by atoms with Crippen molar-refractivity contribution in [1.82, 2.24) is 10.9 Å². The van der Waals surface area contributed by atoms with Crippen LogP contribution in [0.5, 0.6) is 0 Å². The number of hydrogen-bond acceptors (Lipinski definition) is 3. The van der Waals surface area contributed by atoms with Crippen molar-refractivity contribution in [2.45, 2.75) is 6.42 Å². The Balaban J connectivity index is 2.32. The molecule has 0 radical (unpaired) electrons. The van der Waals surface area contributed by atoms with Crippen LogP contribution in [0.3, 0.4) is 0 Å². The van der Waals surface area contributed by atoms with Crippen molar-refractivity contribution >= 4 is 17.6 Å². The lowest BCUT2D eigenvalue weighted by Gasteiger charge is -2.07. The van der Waals surface area contributed by atoms with Gasteiger partial charge in [-0.2, -0.15) is 5.26 Å². The zero-order valence-corrected chi connectivity index (χ0v) is 8.36. The van der Waals surface area contributed by atoms with Crippen LogP contribution < -0.4 is 16.2 Å². The van der Waals surface area contributed by atoms with Crippen LogP contribution in [-0.2, 0) is 4.79 Å². The summed E-state index contributed by atoms with van der Waals surface area (Å²) in [5.74, 6) is -0.564. The molecule has 0 aliphatic rings. The Morgan fingerprint density at radius 3 is 2.50 bits per heavy atom. The van der Waals surface area contributed by atoms with Gasteiger partial charge in [0.2, 0.25) is 0 Å². The molecule has 0 aromatic heterocycles. The number of carbonyl (C=O) groups is 2. The SMILES string of the molecule is N#CCC(=O)NNC(=O)Nc1ccccc1. The van der Waals surface area contributed by atoms with Crippen molar-refractivity contribution in [3.63, 3.8) is 0 Å². The Bertz CT molecular complexity index is 411. The Hall–Kier alpha value is -2.55. The number of anilines is 1. The fourth-order valence-electron chi connectivity index (χ4n) is 0.926. The molecule has 0 bridgehead atoms. The van der Waals surface area contributed by atoms with Crippen molar-refractivity contribution in [1.29, 1.82) is 5.26 Å². The van der Waals surface area contributed by atoms with Crippen molar-refractivity contribution in [3.8, 4) is 6.07 Å². The van der Waals surface area contributed by atoms with Crippen molar-refractivity contribution < 1.29 is 9.59 Å². The van der Waals surface area contributed by atoms with E-state index in [1.165, 1.54) is 0 Å². The number of carbonyl (C=O) groups excluding carboxylic acids is 2. The molecule has 1 rings (SSSR count). The minimum absolute atomic E-state index is 0.300. The summed E-state index contributed by atoms with van der Waals surface area (Å²) in [4.78, 5) is 22.0. The number of rotatable bonds is 2. The second-order valence-electron chi connectivity index (χ2n) is 2.83. The highest BCUT2D eigenvalue weighted by Crippen LogP contribution is 2.03. The summed E-state index contributed by atoms with van der Waals surface area (Å²) in [5.41, 5.74) is 4.80. The Labute approximate surface area is 92.2 Å². The minimum atomic E-state index is -0.572. The molecule has 6 nitrogen and oxygen atoms in total. The number of benzene rings is 1. The van der Waals surface area contributed by atoms with E-state index in [0.29, 0.717) is 5.69 Å². The molecule has 0 aliphatic carbocycles. The molecule has 6 heteroatoms. The van der Waals surface area contributed by atoms with Crippen LogP contribution in [0, 0.1) is 11.3 Å². The molecular weight excluding hydrogens is 208 g/mol. The van der Waals surface area contributed by atoms with Gasteiger partial charge in [-0.05, 0) is 12.1 Å². The predicted octanol–water partition coefficient (Wildman–Crippen LogP) is 0.753. The van der Waals surface area contributed by atoms with Gasteiger partial charge in [-0.1, -0.05) is 18.2 Å². The van der Waals surface area contributed by atoms with Gasteiger partial charge in [0.15, 0.2) is 0 Å². The topological polar surface area (TPSA) is 94.0 Å². The normalized spacial score (nSPS) is 8.69. The van der Waals surface area contributed by atoms with Gasteiger partial charge < -0.3 is 5.32 Å². The van der Waals surface area contributed by atoms with Crippen LogP contribution >= 0.6 is 0 Å². The second-order valence-corrected chi connectivity index (χ2v) is 2.83. The first-order valence-electron chi connectivity index (χ1n) is 4.50. The maximum atomic E-state index is 11.2. The quantitative estimate of drug-likeness (QED) is 0.639. The van der Waals surface area contributed by atoms with Crippen LogP contribution in [0.4, 0.5) is 10.5 Å². The molecular formula is C10H10N4O2. The van der Waals surface area contributed by atoms with Gasteiger partial charge in [-0.15, -0.1) is 0 Å². The number of nitrogens with zero attached hydrogens (tertiary/aromatic N) is 1. The maximum absolute atomic E-state index is 11.2. The average Bonchev–Trinajstić information content (AvgIpc) is 2.28. The van der Waals surface area contributed by atoms with E-state index < -0.39 is 11.9 Å². The van der Waals surface area contributed by atoms with E-state index in [9.17, 15) is 9.59 Å². The van der Waals surface area contributed by atoms with Gasteiger partial charge in [0.25, 0.3) is 5.91 Å². The standard InChI is InChI=1S/C10H10N4O2/c11-7-6-9(15)13-14-10(16)12-8-4-2-1-3-5-8/h1-5H,6H2,(H,13,15)(H2,12,14,16). The third kappa shape index (κ3) is 4.11. The van der Waals surface area contributed by atoms with Gasteiger partial charge in [0.05, 0.1) is 6.07 Å². The van der Waals surface area contributed by atoms with Crippen molar-refractivity contribution in [2.24, 2.45) is 0 Å². The van der Waals surface area contributed by atoms with Gasteiger partial charge in [0, 0.05) is 5.69 Å². The summed E-state index contributed by atoms with van der Waals surface area (Å²) >= 11 is 0. The third-order valence-corrected chi connectivity index (χ3v) is 1.59. The first-order chi connectivity index (χ1) is 7.72. The molecule has 0 saturated carbocycles. The number of para-hydroxylation sites is 1. The van der Waals surface area contributed by atoms with Crippen LogP contribution in [0.1, 0.15) is 6.42 Å². The molecule has 82 valence electrons. The Morgan fingerprint density at radius 2 is 1.88 bits per heavy atom. The number of nitriles is 1. The summed E-state index contributed by atoms with van der Waals surface area (Å²) in [6, 6.07) is 9.85. The van der Waals surface area contributed by atoms with Gasteiger partial charge in [-0.25, -0.2) is 10.2 Å². The number of hydrogen-bond donors (Lipinski definition) is 3. The highest BCUT2D eigenvalue weighted by atomic mass is 16.2. The second kappa shape index (κ2) is 6.03. The summed E-state index contributed by atoms with van der Waals surface area (Å²) in [5, 5.41) is 10.7. The third-order valence-electron chi connectivity index (χ3n) is 1.59. The minimum Gasteiger partial charge on any atom is -0.307 e. The number of amides is 3. The van der Waals surface area contributed by atoms with Gasteiger partial charge in [0.1, 0.15) is 6.42 Å². The summed E-state index contributed by atoms with van der Waals surface area (Å²) in [6.45, 7) is 0. The van der Waals surface area contributed by atoms with E-state index >= 15 is 0 Å². The number of nitrogens with one attached hydrogen (secondary N) is 3. The molecule has 0 aliphatic heterocycles. The summed E-state index contributed by atoms with van der Waals surface area (Å²) < 4.78 is 0. The van der Waals surface area contributed by atoms with Crippen LogP contribution in [0.15, 0.2) is 30.3 Å². The van der Waals surface area contributed by atoms with E-state index in [1.807, 2.05) is 6.07 Å². The van der Waals surface area contributed by atoms with Crippen LogP contribution in [0.25, 0.3) is 0 Å². The fourth-order valence-corrected chi connectivity index (χ4v) is 0.926. The smallest absolute Gasteiger partial charge is 0.307 e. The van der Waals surface area contributed by atoms with E-state index in [2.05, 4.69) is 16.2 Å². The molecule has 1 aromatic rings. The average molecular weight is 218 g/mol. The largest absolute Gasteiger partial charge is 0.337 e. The van der Waals surface area contributed by atoms with E-state index in [1.54, 1.807) is 30.3 Å². The lowest BCUT2D eigenvalue weighted by Crippen LogP contribution is -2.43. The number of urea groups is 1. The van der Waals surface area contributed by atoms with Crippen molar-refractivity contribution in [3.05, 3.63) is 30.3 Å². The first kappa shape index (κ1) is 11.5. The molecule has 1 aromatic carbocycles. The lowest BCUT2D eigenvalue weighted by atomic mass is 10.3. The Kier molecular flexibility index (Phi) is 4.34. The Morgan fingerprint density at radius 1 is 1.19 bits per heavy atom. The molecule has 0 atom stereocenters. The van der Waals surface area contributed by atoms with Gasteiger partial charge in [-0.3, -0.25) is 10.2 Å². The van der Waals surface area contributed by atoms with Crippen LogP contribution in [0.2, 0.25) is 0 Å². The summed E-state index contributed by atoms with van der Waals surface area (Å²) in [6.07, 6.45) is -0.300. The lowest BCUT2D eigenvalue weighted by molar-refractivity contribution is -0.120. The molecule has 3 amide bonds. The monoisotopic (exact) mass is 218 g/mol. The maximum Gasteiger partial charge on any atom is 0.337 e. The molecule has 0 fully saturated rings. The molecule has 0 unspecified atom stereocenters. The highest BCUT2D eigenvalue weighted by Gasteiger charge is 2.03. The predicted molar refractivity (Wildman–Crippen MR) is 57.0 cm³/mol. The van der Waals surface area contributed by atoms with Crippen LogP contribution in [-0.4, -0.2) is 11.9 Å². The first-order valence-corrected chi connectivity index (χ1v) is 4.50. The van der Waals surface area contributed by atoms with E-state index in [-0.39, 0.29) is 6.42 Å². The highest BCUT2D eigenvalue weighted by molar-refractivity contribution is 5.91. The zero-order chi connectivity index (χ0) is 11.8. The van der Waals surface area contributed by atoms with Crippen molar-refractivity contribution in [2.75, 3.05) is 5.32 Å². The van der Waals surface area contributed by atoms with E-state index in [0.717, 1.165) is 0 Å². The molecule has 16 heavy (non-hydrogen) atoms. The fraction of sp³-hybridized carbons (Fsp3) is 0.100. The molecule has 0 heterocycles. The molecule has 0 saturated heterocycles.